The van der Waals surface area contributed by atoms with E-state index in [0.29, 0.717) is 12.1 Å². The van der Waals surface area contributed by atoms with Crippen molar-refractivity contribution >= 4 is 5.88 Å². The zero-order valence-electron chi connectivity index (χ0n) is 13.9. The summed E-state index contributed by atoms with van der Waals surface area (Å²) < 4.78 is 88.6. The van der Waals surface area contributed by atoms with E-state index in [1.807, 2.05) is 0 Å². The van der Waals surface area contributed by atoms with Crippen LogP contribution in [0.1, 0.15) is 18.1 Å². The number of benzene rings is 1. The first-order valence-electron chi connectivity index (χ1n) is 7.32. The molecule has 0 aliphatic rings. The molecule has 144 valence electrons. The van der Waals surface area contributed by atoms with E-state index in [1.165, 1.54) is 19.0 Å². The van der Waals surface area contributed by atoms with Crippen LogP contribution >= 0.6 is 0 Å². The number of halogens is 6. The molecule has 0 radical (unpaired) electrons. The summed E-state index contributed by atoms with van der Waals surface area (Å²) in [6, 6.07) is 1.05. The molecule has 0 aliphatic carbocycles. The average molecular weight is 383 g/mol. The van der Waals surface area contributed by atoms with Gasteiger partial charge in [0.25, 0.3) is 0 Å². The molecule has 2 aromatic rings. The summed E-state index contributed by atoms with van der Waals surface area (Å²) in [6.45, 7) is 1.65. The monoisotopic (exact) mass is 383 g/mol. The highest BCUT2D eigenvalue weighted by atomic mass is 19.4. The second-order valence-corrected chi connectivity index (χ2v) is 5.54. The van der Waals surface area contributed by atoms with Crippen LogP contribution in [0.25, 0.3) is 11.1 Å². The molecule has 0 saturated heterocycles. The molecule has 10 heteroatoms. The smallest absolute Gasteiger partial charge is 0.416 e. The Hall–Kier alpha value is -2.52. The van der Waals surface area contributed by atoms with Gasteiger partial charge in [-0.15, -0.1) is 0 Å². The van der Waals surface area contributed by atoms with Crippen molar-refractivity contribution in [3.63, 3.8) is 0 Å². The summed E-state index contributed by atoms with van der Waals surface area (Å²) in [4.78, 5) is 1.30. The standard InChI is InChI=1S/C16H15F6NO3/c1-4-25-14-12(24)11(13(26-14)23(2)3)8-5-9(15(17,18)19)7-10(6-8)16(20,21)22/h5-7,24H,4H2,1-3H3. The van der Waals surface area contributed by atoms with E-state index in [0.717, 1.165) is 0 Å². The molecule has 0 spiro atoms. The van der Waals surface area contributed by atoms with Gasteiger partial charge in [-0.2, -0.15) is 26.3 Å². The Labute approximate surface area is 144 Å². The van der Waals surface area contributed by atoms with Crippen LogP contribution in [-0.2, 0) is 12.4 Å². The fourth-order valence-electron chi connectivity index (χ4n) is 2.29. The topological polar surface area (TPSA) is 45.8 Å². The lowest BCUT2D eigenvalue weighted by Crippen LogP contribution is -2.12. The van der Waals surface area contributed by atoms with E-state index in [-0.39, 0.29) is 24.1 Å². The van der Waals surface area contributed by atoms with Gasteiger partial charge in [0.2, 0.25) is 11.6 Å². The first-order chi connectivity index (χ1) is 11.9. The number of anilines is 1. The number of hydrogen-bond acceptors (Lipinski definition) is 4. The van der Waals surface area contributed by atoms with Crippen LogP contribution in [0.3, 0.4) is 0 Å². The third-order valence-corrected chi connectivity index (χ3v) is 3.39. The lowest BCUT2D eigenvalue weighted by Gasteiger charge is -2.16. The molecule has 0 atom stereocenters. The van der Waals surface area contributed by atoms with Crippen molar-refractivity contribution < 1.29 is 40.6 Å². The van der Waals surface area contributed by atoms with Crippen LogP contribution in [-0.4, -0.2) is 25.8 Å². The van der Waals surface area contributed by atoms with Crippen molar-refractivity contribution in [2.45, 2.75) is 19.3 Å². The Balaban J connectivity index is 2.79. The summed E-state index contributed by atoms with van der Waals surface area (Å²) >= 11 is 0. The first-order valence-corrected chi connectivity index (χ1v) is 7.32. The molecule has 0 fully saturated rings. The van der Waals surface area contributed by atoms with Gasteiger partial charge in [-0.3, -0.25) is 0 Å². The molecule has 0 saturated carbocycles. The Morgan fingerprint density at radius 3 is 1.88 bits per heavy atom. The van der Waals surface area contributed by atoms with Crippen LogP contribution in [0.15, 0.2) is 22.6 Å². The molecular formula is C16H15F6NO3. The number of nitrogens with zero attached hydrogens (tertiary/aromatic N) is 1. The lowest BCUT2D eigenvalue weighted by molar-refractivity contribution is -0.143. The minimum absolute atomic E-state index is 0.0133. The summed E-state index contributed by atoms with van der Waals surface area (Å²) in [6.07, 6.45) is -10.0. The van der Waals surface area contributed by atoms with Gasteiger partial charge in [0.15, 0.2) is 0 Å². The largest absolute Gasteiger partial charge is 0.501 e. The Morgan fingerprint density at radius 1 is 1.00 bits per heavy atom. The van der Waals surface area contributed by atoms with E-state index < -0.39 is 40.7 Å². The van der Waals surface area contributed by atoms with E-state index in [2.05, 4.69) is 0 Å². The van der Waals surface area contributed by atoms with E-state index in [1.54, 1.807) is 6.92 Å². The third kappa shape index (κ3) is 3.83. The summed E-state index contributed by atoms with van der Waals surface area (Å²) in [5, 5.41) is 10.2. The molecule has 0 unspecified atom stereocenters. The van der Waals surface area contributed by atoms with Gasteiger partial charge >= 0.3 is 18.3 Å². The van der Waals surface area contributed by atoms with Crippen LogP contribution < -0.4 is 9.64 Å². The maximum absolute atomic E-state index is 13.0. The van der Waals surface area contributed by atoms with Gasteiger partial charge in [-0.05, 0) is 30.7 Å². The van der Waals surface area contributed by atoms with Crippen molar-refractivity contribution in [2.75, 3.05) is 25.6 Å². The van der Waals surface area contributed by atoms with E-state index in [4.69, 9.17) is 9.15 Å². The molecule has 0 bridgehead atoms. The van der Waals surface area contributed by atoms with Crippen LogP contribution in [0, 0.1) is 0 Å². The molecule has 4 nitrogen and oxygen atoms in total. The molecule has 26 heavy (non-hydrogen) atoms. The van der Waals surface area contributed by atoms with Gasteiger partial charge in [-0.1, -0.05) is 0 Å². The lowest BCUT2D eigenvalue weighted by atomic mass is 9.99. The van der Waals surface area contributed by atoms with Gasteiger partial charge < -0.3 is 19.2 Å². The normalized spacial score (nSPS) is 12.3. The fourth-order valence-corrected chi connectivity index (χ4v) is 2.29. The number of aromatic hydroxyl groups is 1. The summed E-state index contributed by atoms with van der Waals surface area (Å²) in [5.74, 6) is -1.21. The van der Waals surface area contributed by atoms with Gasteiger partial charge in [0.05, 0.1) is 23.3 Å². The number of hydrogen-bond donors (Lipinski definition) is 1. The number of alkyl halides is 6. The highest BCUT2D eigenvalue weighted by Gasteiger charge is 2.38. The average Bonchev–Trinajstić information content (AvgIpc) is 2.83. The minimum atomic E-state index is -5.00. The molecule has 1 heterocycles. The summed E-state index contributed by atoms with van der Waals surface area (Å²) in [7, 11) is 2.91. The second kappa shape index (κ2) is 6.65. The first kappa shape index (κ1) is 19.8. The number of ether oxygens (including phenoxy) is 1. The van der Waals surface area contributed by atoms with E-state index >= 15 is 0 Å². The molecule has 0 amide bonds. The fraction of sp³-hybridized carbons (Fsp3) is 0.375. The highest BCUT2D eigenvalue weighted by Crippen LogP contribution is 2.49. The summed E-state index contributed by atoms with van der Waals surface area (Å²) in [5.41, 5.74) is -3.81. The maximum Gasteiger partial charge on any atom is 0.416 e. The van der Waals surface area contributed by atoms with Crippen molar-refractivity contribution in [1.29, 1.82) is 0 Å². The second-order valence-electron chi connectivity index (χ2n) is 5.54. The molecule has 2 rings (SSSR count). The van der Waals surface area contributed by atoms with Crippen LogP contribution in [0.2, 0.25) is 0 Å². The predicted octanol–water partition coefficient (Wildman–Crippen LogP) is 5.15. The third-order valence-electron chi connectivity index (χ3n) is 3.39. The van der Waals surface area contributed by atoms with Crippen molar-refractivity contribution in [3.05, 3.63) is 29.3 Å². The Morgan fingerprint density at radius 2 is 1.50 bits per heavy atom. The Kier molecular flexibility index (Phi) is 5.07. The molecule has 0 aliphatic heterocycles. The molecule has 1 N–H and O–H groups in total. The van der Waals surface area contributed by atoms with Crippen molar-refractivity contribution in [1.82, 2.24) is 0 Å². The predicted molar refractivity (Wildman–Crippen MR) is 81.3 cm³/mol. The zero-order chi connectivity index (χ0) is 19.9. The zero-order valence-corrected chi connectivity index (χ0v) is 13.9. The number of furan rings is 1. The van der Waals surface area contributed by atoms with Gasteiger partial charge in [0.1, 0.15) is 0 Å². The molecule has 1 aromatic carbocycles. The van der Waals surface area contributed by atoms with Crippen molar-refractivity contribution in [2.24, 2.45) is 0 Å². The number of rotatable bonds is 4. The highest BCUT2D eigenvalue weighted by molar-refractivity contribution is 5.83. The minimum Gasteiger partial charge on any atom is -0.501 e. The SMILES string of the molecule is CCOc1oc(N(C)C)c(-c2cc(C(F)(F)F)cc(C(F)(F)F)c2)c1O. The van der Waals surface area contributed by atoms with Gasteiger partial charge in [0, 0.05) is 14.1 Å². The van der Waals surface area contributed by atoms with E-state index in [9.17, 15) is 31.4 Å². The van der Waals surface area contributed by atoms with Crippen molar-refractivity contribution in [3.8, 4) is 22.8 Å². The molecule has 1 aromatic heterocycles. The van der Waals surface area contributed by atoms with Crippen LogP contribution in [0.5, 0.6) is 11.7 Å². The van der Waals surface area contributed by atoms with Gasteiger partial charge in [-0.25, -0.2) is 0 Å². The maximum atomic E-state index is 13.0. The quantitative estimate of drug-likeness (QED) is 0.742. The molecular weight excluding hydrogens is 368 g/mol. The van der Waals surface area contributed by atoms with Crippen LogP contribution in [0.4, 0.5) is 32.2 Å². The Bertz CT molecular complexity index is 760.